The van der Waals surface area contributed by atoms with Gasteiger partial charge in [-0.3, -0.25) is 10.1 Å². The van der Waals surface area contributed by atoms with E-state index >= 15 is 0 Å². The second-order valence-corrected chi connectivity index (χ2v) is 7.09. The van der Waals surface area contributed by atoms with E-state index < -0.39 is 14.8 Å². The largest absolute Gasteiger partial charge is 0.329 e. The molecule has 1 unspecified atom stereocenters. The molecule has 0 bridgehead atoms. The van der Waals surface area contributed by atoms with Crippen LogP contribution in [0.15, 0.2) is 23.4 Å². The van der Waals surface area contributed by atoms with Gasteiger partial charge in [-0.25, -0.2) is 13.4 Å². The van der Waals surface area contributed by atoms with Crippen molar-refractivity contribution >= 4 is 39.0 Å². The maximum Gasteiger partial charge on any atom is 0.271 e. The van der Waals surface area contributed by atoms with Crippen LogP contribution in [-0.4, -0.2) is 42.2 Å². The van der Waals surface area contributed by atoms with E-state index in [0.29, 0.717) is 17.6 Å². The van der Waals surface area contributed by atoms with Crippen molar-refractivity contribution in [2.24, 2.45) is 5.92 Å². The van der Waals surface area contributed by atoms with E-state index in [9.17, 15) is 18.5 Å². The Morgan fingerprint density at radius 1 is 1.41 bits per heavy atom. The smallest absolute Gasteiger partial charge is 0.271 e. The molecule has 10 heteroatoms. The van der Waals surface area contributed by atoms with Crippen LogP contribution < -0.4 is 5.32 Å². The van der Waals surface area contributed by atoms with Crippen molar-refractivity contribution in [3.63, 3.8) is 0 Å². The minimum atomic E-state index is -3.52. The first-order valence-corrected chi connectivity index (χ1v) is 8.18. The number of sulfone groups is 1. The Hall–Kier alpha value is -1.71. The molecule has 22 heavy (non-hydrogen) atoms. The lowest BCUT2D eigenvalue weighted by atomic mass is 10.2. The lowest BCUT2D eigenvalue weighted by Gasteiger charge is -2.06. The predicted molar refractivity (Wildman–Crippen MR) is 83.0 cm³/mol. The van der Waals surface area contributed by atoms with E-state index in [-0.39, 0.29) is 34.9 Å². The second-order valence-electron chi connectivity index (χ2n) is 5.14. The fourth-order valence-electron chi connectivity index (χ4n) is 2.48. The van der Waals surface area contributed by atoms with Crippen molar-refractivity contribution in [3.8, 4) is 0 Å². The lowest BCUT2D eigenvalue weighted by Crippen LogP contribution is -2.19. The average Bonchev–Trinajstić information content (AvgIpc) is 3.05. The number of aromatic nitrogens is 2. The Bertz CT molecular complexity index is 799. The van der Waals surface area contributed by atoms with Gasteiger partial charge < -0.3 is 10.3 Å². The van der Waals surface area contributed by atoms with Gasteiger partial charge in [0, 0.05) is 12.1 Å². The van der Waals surface area contributed by atoms with Crippen molar-refractivity contribution in [1.29, 1.82) is 0 Å². The fraction of sp³-hybridized carbons (Fsp3) is 0.417. The van der Waals surface area contributed by atoms with Gasteiger partial charge >= 0.3 is 0 Å². The zero-order chi connectivity index (χ0) is 15.0. The van der Waals surface area contributed by atoms with Crippen LogP contribution in [0.5, 0.6) is 0 Å². The van der Waals surface area contributed by atoms with E-state index in [1.807, 2.05) is 0 Å². The summed E-state index contributed by atoms with van der Waals surface area (Å²) in [5.74, 6) is 0.111. The number of aromatic amines is 1. The van der Waals surface area contributed by atoms with Gasteiger partial charge in [0.25, 0.3) is 5.69 Å². The molecule has 1 aliphatic rings. The summed E-state index contributed by atoms with van der Waals surface area (Å²) in [4.78, 5) is 16.9. The summed E-state index contributed by atoms with van der Waals surface area (Å²) in [6, 6.07) is 4.04. The Labute approximate surface area is 132 Å². The van der Waals surface area contributed by atoms with Gasteiger partial charge in [-0.2, -0.15) is 0 Å². The quantitative estimate of drug-likeness (QED) is 0.636. The van der Waals surface area contributed by atoms with Crippen LogP contribution in [0.3, 0.4) is 0 Å². The third-order valence-electron chi connectivity index (χ3n) is 3.57. The summed E-state index contributed by atoms with van der Waals surface area (Å²) in [5.41, 5.74) is 0.658. The Balaban J connectivity index is 0.00000176. The molecule has 2 aromatic rings. The standard InChI is InChI=1S/C12H14N4O4S.ClH/c17-16(18)9-1-2-10-11(5-9)15-12(14-10)21(19,20)7-8-3-4-13-6-8;/h1-2,5,8,13H,3-4,6-7H2,(H,14,15);1H. The molecule has 0 aliphatic carbocycles. The van der Waals surface area contributed by atoms with Crippen LogP contribution in [0.1, 0.15) is 6.42 Å². The van der Waals surface area contributed by atoms with Crippen molar-refractivity contribution in [2.75, 3.05) is 18.8 Å². The summed E-state index contributed by atoms with van der Waals surface area (Å²) in [6.07, 6.45) is 0.824. The number of nitro benzene ring substituents is 1. The molecule has 2 heterocycles. The molecule has 0 amide bonds. The average molecular weight is 347 g/mol. The molecule has 0 spiro atoms. The van der Waals surface area contributed by atoms with E-state index in [1.165, 1.54) is 18.2 Å². The summed E-state index contributed by atoms with van der Waals surface area (Å²) in [7, 11) is -3.52. The van der Waals surface area contributed by atoms with Gasteiger partial charge in [-0.05, 0) is 31.5 Å². The van der Waals surface area contributed by atoms with Crippen molar-refractivity contribution in [3.05, 3.63) is 28.3 Å². The van der Waals surface area contributed by atoms with Gasteiger partial charge in [-0.15, -0.1) is 12.4 Å². The Morgan fingerprint density at radius 2 is 2.18 bits per heavy atom. The summed E-state index contributed by atoms with van der Waals surface area (Å²) in [5, 5.41) is 13.7. The molecule has 2 N–H and O–H groups in total. The van der Waals surface area contributed by atoms with Crippen LogP contribution in [-0.2, 0) is 9.84 Å². The minimum Gasteiger partial charge on any atom is -0.329 e. The second kappa shape index (κ2) is 6.19. The number of rotatable bonds is 4. The number of hydrogen-bond donors (Lipinski definition) is 2. The molecule has 0 saturated carbocycles. The lowest BCUT2D eigenvalue weighted by molar-refractivity contribution is -0.384. The van der Waals surface area contributed by atoms with Gasteiger partial charge in [0.1, 0.15) is 0 Å². The molecule has 1 aliphatic heterocycles. The highest BCUT2D eigenvalue weighted by atomic mass is 35.5. The number of fused-ring (bicyclic) bond motifs is 1. The van der Waals surface area contributed by atoms with Crippen LogP contribution in [0.4, 0.5) is 5.69 Å². The number of hydrogen-bond acceptors (Lipinski definition) is 6. The van der Waals surface area contributed by atoms with Crippen LogP contribution in [0.25, 0.3) is 11.0 Å². The SMILES string of the molecule is Cl.O=[N+]([O-])c1ccc2nc(S(=O)(=O)CC3CCNC3)[nH]c2c1. The highest BCUT2D eigenvalue weighted by Gasteiger charge is 2.26. The molecule has 120 valence electrons. The first-order chi connectivity index (χ1) is 9.95. The molecule has 3 rings (SSSR count). The zero-order valence-electron chi connectivity index (χ0n) is 11.5. The van der Waals surface area contributed by atoms with E-state index in [4.69, 9.17) is 0 Å². The molecular formula is C12H15ClN4O4S. The van der Waals surface area contributed by atoms with Crippen molar-refractivity contribution < 1.29 is 13.3 Å². The van der Waals surface area contributed by atoms with E-state index in [1.54, 1.807) is 0 Å². The Morgan fingerprint density at radius 3 is 2.82 bits per heavy atom. The highest BCUT2D eigenvalue weighted by molar-refractivity contribution is 7.91. The number of nitrogens with one attached hydrogen (secondary N) is 2. The summed E-state index contributed by atoms with van der Waals surface area (Å²) >= 11 is 0. The van der Waals surface area contributed by atoms with Gasteiger partial charge in [-0.1, -0.05) is 0 Å². The number of nitrogens with zero attached hydrogens (tertiary/aromatic N) is 2. The first-order valence-electron chi connectivity index (χ1n) is 6.53. The number of non-ortho nitro benzene ring substituents is 1. The highest BCUT2D eigenvalue weighted by Crippen LogP contribution is 2.22. The molecule has 1 fully saturated rings. The minimum absolute atomic E-state index is 0. The number of H-pyrrole nitrogens is 1. The Kier molecular flexibility index (Phi) is 4.69. The number of nitro groups is 1. The summed E-state index contributed by atoms with van der Waals surface area (Å²) in [6.45, 7) is 1.51. The number of imidazole rings is 1. The zero-order valence-corrected chi connectivity index (χ0v) is 13.1. The number of benzene rings is 1. The van der Waals surface area contributed by atoms with Gasteiger partial charge in [0.2, 0.25) is 15.0 Å². The third-order valence-corrected chi connectivity index (χ3v) is 5.26. The molecule has 1 aromatic carbocycles. The topological polar surface area (TPSA) is 118 Å². The van der Waals surface area contributed by atoms with Gasteiger partial charge in [0.05, 0.1) is 21.7 Å². The third kappa shape index (κ3) is 3.21. The normalized spacial score (nSPS) is 18.3. The van der Waals surface area contributed by atoms with Crippen LogP contribution in [0.2, 0.25) is 0 Å². The molecular weight excluding hydrogens is 332 g/mol. The van der Waals surface area contributed by atoms with Crippen LogP contribution in [0, 0.1) is 16.0 Å². The molecule has 1 aromatic heterocycles. The fourth-order valence-corrected chi connectivity index (χ4v) is 4.05. The molecule has 1 atom stereocenters. The molecule has 0 radical (unpaired) electrons. The molecule has 1 saturated heterocycles. The van der Waals surface area contributed by atoms with Crippen LogP contribution >= 0.6 is 12.4 Å². The van der Waals surface area contributed by atoms with E-state index in [0.717, 1.165) is 13.0 Å². The maximum atomic E-state index is 12.3. The predicted octanol–water partition coefficient (Wildman–Crippen LogP) is 1.28. The maximum absolute atomic E-state index is 12.3. The van der Waals surface area contributed by atoms with Gasteiger partial charge in [0.15, 0.2) is 0 Å². The summed E-state index contributed by atoms with van der Waals surface area (Å²) < 4.78 is 24.6. The molecule has 8 nitrogen and oxygen atoms in total. The van der Waals surface area contributed by atoms with E-state index in [2.05, 4.69) is 15.3 Å². The first kappa shape index (κ1) is 16.7. The monoisotopic (exact) mass is 346 g/mol. The number of halogens is 1. The van der Waals surface area contributed by atoms with Crippen molar-refractivity contribution in [2.45, 2.75) is 11.6 Å². The van der Waals surface area contributed by atoms with Crippen molar-refractivity contribution in [1.82, 2.24) is 15.3 Å².